The first-order valence-corrected chi connectivity index (χ1v) is 12.3. The Labute approximate surface area is 200 Å². The molecule has 0 radical (unpaired) electrons. The van der Waals surface area contributed by atoms with Gasteiger partial charge in [0.2, 0.25) is 0 Å². The molecule has 1 heterocycles. The highest BCUT2D eigenvalue weighted by Gasteiger charge is 2.21. The molecule has 33 heavy (non-hydrogen) atoms. The molecule has 0 spiro atoms. The van der Waals surface area contributed by atoms with Crippen LogP contribution < -0.4 is 4.74 Å². The smallest absolute Gasteiger partial charge is 0.118 e. The highest BCUT2D eigenvalue weighted by Crippen LogP contribution is 2.28. The molecule has 0 aliphatic carbocycles. The lowest BCUT2D eigenvalue weighted by Gasteiger charge is -2.32. The van der Waals surface area contributed by atoms with Crippen molar-refractivity contribution in [2.24, 2.45) is 5.92 Å². The Kier molecular flexibility index (Phi) is 11.0. The fourth-order valence-corrected chi connectivity index (χ4v) is 4.19. The minimum absolute atomic E-state index is 0.0421. The van der Waals surface area contributed by atoms with Crippen LogP contribution in [0.3, 0.4) is 0 Å². The summed E-state index contributed by atoms with van der Waals surface area (Å²) in [5, 5.41) is 0. The van der Waals surface area contributed by atoms with E-state index in [1.165, 1.54) is 56.4 Å². The van der Waals surface area contributed by atoms with Gasteiger partial charge in [-0.15, -0.1) is 0 Å². The Morgan fingerprint density at radius 2 is 1.30 bits per heavy atom. The maximum absolute atomic E-state index is 6.45. The van der Waals surface area contributed by atoms with Crippen LogP contribution in [-0.4, -0.2) is 38.3 Å². The lowest BCUT2D eigenvalue weighted by molar-refractivity contribution is 0.0308. The monoisotopic (exact) mass is 445 g/mol. The highest BCUT2D eigenvalue weighted by atomic mass is 16.5. The minimum atomic E-state index is 0.0421. The standard InChI is InChI=1S/C23H31NO.C7H8O/c1-2-3-16-24-17-14-20(15-18-24)19-25-23(21-10-6-4-7-11-21)22-12-8-5-9-13-22;1-8-7-5-3-2-4-6-7/h4-13,20,23H,2-3,14-19H2,1H3;2-6H,1H3. The van der Waals surface area contributed by atoms with Gasteiger partial charge in [0.25, 0.3) is 0 Å². The van der Waals surface area contributed by atoms with Crippen molar-refractivity contribution in [3.63, 3.8) is 0 Å². The van der Waals surface area contributed by atoms with E-state index in [1.807, 2.05) is 30.3 Å². The number of rotatable bonds is 9. The molecule has 0 unspecified atom stereocenters. The molecule has 1 aliphatic heterocycles. The number of benzene rings is 3. The number of likely N-dealkylation sites (tertiary alicyclic amines) is 1. The molecule has 1 aliphatic rings. The van der Waals surface area contributed by atoms with Crippen molar-refractivity contribution < 1.29 is 9.47 Å². The third-order valence-corrected chi connectivity index (χ3v) is 6.22. The Balaban J connectivity index is 0.000000323. The molecule has 3 nitrogen and oxygen atoms in total. The zero-order valence-electron chi connectivity index (χ0n) is 20.2. The summed E-state index contributed by atoms with van der Waals surface area (Å²) in [7, 11) is 1.66. The fraction of sp³-hybridized carbons (Fsp3) is 0.400. The van der Waals surface area contributed by atoms with E-state index < -0.39 is 0 Å². The Bertz CT molecular complexity index is 822. The number of hydrogen-bond acceptors (Lipinski definition) is 3. The third-order valence-electron chi connectivity index (χ3n) is 6.22. The summed E-state index contributed by atoms with van der Waals surface area (Å²) < 4.78 is 11.4. The molecule has 0 bridgehead atoms. The van der Waals surface area contributed by atoms with Crippen molar-refractivity contribution in [3.05, 3.63) is 102 Å². The van der Waals surface area contributed by atoms with Crippen LogP contribution in [0.2, 0.25) is 0 Å². The van der Waals surface area contributed by atoms with Gasteiger partial charge in [-0.05, 0) is 68.1 Å². The average Bonchev–Trinajstić information content (AvgIpc) is 2.90. The predicted octanol–water partition coefficient (Wildman–Crippen LogP) is 7.00. The van der Waals surface area contributed by atoms with Crippen molar-refractivity contribution in [2.75, 3.05) is 33.4 Å². The summed E-state index contributed by atoms with van der Waals surface area (Å²) >= 11 is 0. The van der Waals surface area contributed by atoms with Crippen molar-refractivity contribution in [1.82, 2.24) is 4.90 Å². The third kappa shape index (κ3) is 8.68. The summed E-state index contributed by atoms with van der Waals surface area (Å²) in [5.74, 6) is 1.60. The van der Waals surface area contributed by atoms with Crippen LogP contribution in [0, 0.1) is 5.92 Å². The molecule has 0 N–H and O–H groups in total. The molecular formula is C30H39NO2. The number of unbranched alkanes of at least 4 members (excludes halogenated alkanes) is 1. The normalized spacial score (nSPS) is 14.5. The molecule has 1 fully saturated rings. The molecule has 3 aromatic rings. The summed E-state index contributed by atoms with van der Waals surface area (Å²) in [6, 6.07) is 30.9. The number of methoxy groups -OCH3 is 1. The number of hydrogen-bond donors (Lipinski definition) is 0. The highest BCUT2D eigenvalue weighted by molar-refractivity contribution is 5.29. The molecule has 3 aromatic carbocycles. The van der Waals surface area contributed by atoms with Gasteiger partial charge in [0.15, 0.2) is 0 Å². The zero-order valence-corrected chi connectivity index (χ0v) is 20.2. The topological polar surface area (TPSA) is 21.7 Å². The van der Waals surface area contributed by atoms with Crippen LogP contribution in [0.5, 0.6) is 5.75 Å². The van der Waals surface area contributed by atoms with Gasteiger partial charge in [0, 0.05) is 0 Å². The van der Waals surface area contributed by atoms with E-state index in [1.54, 1.807) is 7.11 Å². The van der Waals surface area contributed by atoms with Crippen molar-refractivity contribution in [2.45, 2.75) is 38.7 Å². The molecular weight excluding hydrogens is 406 g/mol. The van der Waals surface area contributed by atoms with E-state index in [9.17, 15) is 0 Å². The van der Waals surface area contributed by atoms with Gasteiger partial charge >= 0.3 is 0 Å². The zero-order chi connectivity index (χ0) is 23.1. The number of para-hydroxylation sites is 1. The summed E-state index contributed by atoms with van der Waals surface area (Å²) in [4.78, 5) is 2.62. The SMILES string of the molecule is CCCCN1CCC(COC(c2ccccc2)c2ccccc2)CC1.COc1ccccc1. The van der Waals surface area contributed by atoms with Crippen LogP contribution >= 0.6 is 0 Å². The molecule has 1 saturated heterocycles. The van der Waals surface area contributed by atoms with Gasteiger partial charge in [-0.25, -0.2) is 0 Å². The van der Waals surface area contributed by atoms with Gasteiger partial charge in [0.1, 0.15) is 11.9 Å². The maximum Gasteiger partial charge on any atom is 0.118 e. The van der Waals surface area contributed by atoms with Crippen LogP contribution in [-0.2, 0) is 4.74 Å². The number of ether oxygens (including phenoxy) is 2. The Morgan fingerprint density at radius 3 is 1.76 bits per heavy atom. The second-order valence-corrected chi connectivity index (χ2v) is 8.69. The lowest BCUT2D eigenvalue weighted by atomic mass is 9.96. The largest absolute Gasteiger partial charge is 0.497 e. The quantitative estimate of drug-likeness (QED) is 0.354. The van der Waals surface area contributed by atoms with Crippen molar-refractivity contribution >= 4 is 0 Å². The Morgan fingerprint density at radius 1 is 0.788 bits per heavy atom. The van der Waals surface area contributed by atoms with E-state index in [2.05, 4.69) is 72.5 Å². The van der Waals surface area contributed by atoms with E-state index in [4.69, 9.17) is 9.47 Å². The summed E-state index contributed by atoms with van der Waals surface area (Å²) in [6.07, 6.45) is 5.19. The second kappa shape index (κ2) is 14.5. The molecule has 0 atom stereocenters. The van der Waals surface area contributed by atoms with Gasteiger partial charge < -0.3 is 14.4 Å². The summed E-state index contributed by atoms with van der Waals surface area (Å²) in [5.41, 5.74) is 2.49. The number of nitrogens with zero attached hydrogens (tertiary/aromatic N) is 1. The van der Waals surface area contributed by atoms with E-state index in [0.717, 1.165) is 12.4 Å². The average molecular weight is 446 g/mol. The second-order valence-electron chi connectivity index (χ2n) is 8.69. The first kappa shape index (κ1) is 25.0. The minimum Gasteiger partial charge on any atom is -0.497 e. The van der Waals surface area contributed by atoms with Gasteiger partial charge in [-0.2, -0.15) is 0 Å². The van der Waals surface area contributed by atoms with Gasteiger partial charge in [0.05, 0.1) is 13.7 Å². The van der Waals surface area contributed by atoms with Crippen LogP contribution in [0.15, 0.2) is 91.0 Å². The first-order valence-electron chi connectivity index (χ1n) is 12.3. The predicted molar refractivity (Wildman–Crippen MR) is 138 cm³/mol. The molecule has 3 heteroatoms. The summed E-state index contributed by atoms with van der Waals surface area (Å²) in [6.45, 7) is 6.86. The van der Waals surface area contributed by atoms with Crippen LogP contribution in [0.1, 0.15) is 49.8 Å². The molecule has 0 amide bonds. The van der Waals surface area contributed by atoms with E-state index in [-0.39, 0.29) is 6.10 Å². The van der Waals surface area contributed by atoms with Crippen molar-refractivity contribution in [3.8, 4) is 5.75 Å². The molecule has 0 saturated carbocycles. The Hall–Kier alpha value is -2.62. The fourth-order valence-electron chi connectivity index (χ4n) is 4.19. The van der Waals surface area contributed by atoms with E-state index >= 15 is 0 Å². The van der Waals surface area contributed by atoms with Crippen LogP contribution in [0.4, 0.5) is 0 Å². The maximum atomic E-state index is 6.45. The van der Waals surface area contributed by atoms with Gasteiger partial charge in [-0.1, -0.05) is 92.2 Å². The van der Waals surface area contributed by atoms with E-state index in [0.29, 0.717) is 5.92 Å². The van der Waals surface area contributed by atoms with Crippen molar-refractivity contribution in [1.29, 1.82) is 0 Å². The lowest BCUT2D eigenvalue weighted by Crippen LogP contribution is -2.35. The molecule has 0 aromatic heterocycles. The van der Waals surface area contributed by atoms with Crippen LogP contribution in [0.25, 0.3) is 0 Å². The first-order chi connectivity index (χ1) is 16.3. The molecule has 4 rings (SSSR count). The number of piperidine rings is 1. The van der Waals surface area contributed by atoms with Gasteiger partial charge in [-0.3, -0.25) is 0 Å². The molecule has 176 valence electrons.